The van der Waals surface area contributed by atoms with Crippen LogP contribution in [0.5, 0.6) is 5.75 Å². The van der Waals surface area contributed by atoms with Crippen molar-refractivity contribution >= 4 is 16.9 Å². The number of hydrogen-bond donors (Lipinski definition) is 1. The maximum atomic E-state index is 11.8. The van der Waals surface area contributed by atoms with E-state index in [1.165, 1.54) is 0 Å². The minimum Gasteiger partial charge on any atom is -0.497 e. The maximum absolute atomic E-state index is 11.8. The number of rotatable bonds is 5. The van der Waals surface area contributed by atoms with Gasteiger partial charge in [-0.25, -0.2) is 4.79 Å². The van der Waals surface area contributed by atoms with Gasteiger partial charge in [-0.1, -0.05) is 19.1 Å². The minimum absolute atomic E-state index is 0.297. The van der Waals surface area contributed by atoms with Gasteiger partial charge in [0.1, 0.15) is 18.1 Å². The molecule has 0 radical (unpaired) electrons. The van der Waals surface area contributed by atoms with E-state index in [4.69, 9.17) is 9.47 Å². The zero-order valence-corrected chi connectivity index (χ0v) is 11.1. The molecule has 0 bridgehead atoms. The highest BCUT2D eigenvalue weighted by Crippen LogP contribution is 2.21. The number of fused-ring (bicyclic) bond motifs is 1. The van der Waals surface area contributed by atoms with Gasteiger partial charge in [0.2, 0.25) is 0 Å². The molecular weight excluding hydrogens is 242 g/mol. The van der Waals surface area contributed by atoms with Crippen molar-refractivity contribution < 1.29 is 14.3 Å². The number of nitrogens with one attached hydrogen (secondary N) is 1. The molecule has 1 heterocycles. The van der Waals surface area contributed by atoms with Gasteiger partial charge in [-0.3, -0.25) is 0 Å². The molecule has 2 rings (SSSR count). The Morgan fingerprint density at radius 3 is 2.89 bits per heavy atom. The molecule has 0 aliphatic rings. The minimum atomic E-state index is -0.351. The molecule has 0 unspecified atom stereocenters. The van der Waals surface area contributed by atoms with Crippen molar-refractivity contribution in [3.8, 4) is 5.75 Å². The highest BCUT2D eigenvalue weighted by molar-refractivity contribution is 5.95. The van der Waals surface area contributed by atoms with Gasteiger partial charge in [0.25, 0.3) is 0 Å². The summed E-state index contributed by atoms with van der Waals surface area (Å²) >= 11 is 0. The Kier molecular flexibility index (Phi) is 4.23. The average molecular weight is 259 g/mol. The van der Waals surface area contributed by atoms with E-state index in [2.05, 4.69) is 4.98 Å². The van der Waals surface area contributed by atoms with Crippen LogP contribution in [0, 0.1) is 0 Å². The van der Waals surface area contributed by atoms with Crippen LogP contribution in [0.3, 0.4) is 0 Å². The number of methoxy groups -OCH3 is 1. The number of hydrogen-bond acceptors (Lipinski definition) is 3. The number of aromatic amines is 1. The number of carbonyl (C=O) groups is 1. The van der Waals surface area contributed by atoms with Gasteiger partial charge in [0.15, 0.2) is 0 Å². The second-order valence-corrected chi connectivity index (χ2v) is 4.11. The summed E-state index contributed by atoms with van der Waals surface area (Å²) in [4.78, 5) is 14.8. The number of H-pyrrole nitrogens is 1. The Labute approximate surface area is 112 Å². The van der Waals surface area contributed by atoms with Gasteiger partial charge in [-0.15, -0.1) is 0 Å². The third-order valence-corrected chi connectivity index (χ3v) is 2.76. The zero-order chi connectivity index (χ0) is 13.7. The second-order valence-electron chi connectivity index (χ2n) is 4.11. The lowest BCUT2D eigenvalue weighted by atomic mass is 10.2. The first-order valence-electron chi connectivity index (χ1n) is 6.23. The number of benzene rings is 1. The number of allylic oxidation sites excluding steroid dienone is 1. The summed E-state index contributed by atoms with van der Waals surface area (Å²) in [6.07, 6.45) is 4.73. The van der Waals surface area contributed by atoms with Crippen molar-refractivity contribution in [3.63, 3.8) is 0 Å². The fraction of sp³-hybridized carbons (Fsp3) is 0.267. The van der Waals surface area contributed by atoms with Crippen molar-refractivity contribution in [1.29, 1.82) is 0 Å². The van der Waals surface area contributed by atoms with E-state index >= 15 is 0 Å². The Morgan fingerprint density at radius 1 is 1.32 bits per heavy atom. The molecule has 100 valence electrons. The highest BCUT2D eigenvalue weighted by atomic mass is 16.5. The van der Waals surface area contributed by atoms with E-state index < -0.39 is 0 Å². The molecule has 0 atom stereocenters. The van der Waals surface area contributed by atoms with Crippen LogP contribution in [0.4, 0.5) is 0 Å². The first kappa shape index (κ1) is 13.2. The summed E-state index contributed by atoms with van der Waals surface area (Å²) in [7, 11) is 1.61. The Balaban J connectivity index is 2.12. The highest BCUT2D eigenvalue weighted by Gasteiger charge is 2.10. The molecular formula is C15H17NO3. The van der Waals surface area contributed by atoms with E-state index in [0.717, 1.165) is 23.1 Å². The van der Waals surface area contributed by atoms with Crippen LogP contribution in [0.2, 0.25) is 0 Å². The summed E-state index contributed by atoms with van der Waals surface area (Å²) in [5, 5.41) is 0.955. The number of esters is 1. The Hall–Kier alpha value is -2.23. The predicted molar refractivity (Wildman–Crippen MR) is 74.6 cm³/mol. The van der Waals surface area contributed by atoms with Crippen LogP contribution in [-0.4, -0.2) is 24.7 Å². The number of ether oxygens (including phenoxy) is 2. The molecule has 2 aromatic rings. The summed E-state index contributed by atoms with van der Waals surface area (Å²) in [6.45, 7) is 2.33. The molecule has 19 heavy (non-hydrogen) atoms. The molecule has 1 N–H and O–H groups in total. The van der Waals surface area contributed by atoms with E-state index in [-0.39, 0.29) is 5.97 Å². The fourth-order valence-electron chi connectivity index (χ4n) is 1.78. The molecule has 0 fully saturated rings. The van der Waals surface area contributed by atoms with Crippen LogP contribution >= 0.6 is 0 Å². The normalized spacial score (nSPS) is 11.1. The molecule has 0 saturated carbocycles. The van der Waals surface area contributed by atoms with Gasteiger partial charge >= 0.3 is 5.97 Å². The number of aromatic nitrogens is 1. The first-order valence-corrected chi connectivity index (χ1v) is 6.23. The molecule has 1 aromatic heterocycles. The molecule has 0 amide bonds. The zero-order valence-electron chi connectivity index (χ0n) is 11.1. The van der Waals surface area contributed by atoms with Crippen molar-refractivity contribution in [3.05, 3.63) is 42.1 Å². The van der Waals surface area contributed by atoms with Gasteiger partial charge in [0.05, 0.1) is 7.11 Å². The lowest BCUT2D eigenvalue weighted by molar-refractivity contribution is 0.0543. The number of carbonyl (C=O) groups excluding carboxylic acids is 1. The van der Waals surface area contributed by atoms with Crippen LogP contribution in [0.1, 0.15) is 23.8 Å². The summed E-state index contributed by atoms with van der Waals surface area (Å²) in [5.41, 5.74) is 1.31. The lowest BCUT2D eigenvalue weighted by Gasteiger charge is -1.98. The van der Waals surface area contributed by atoms with Crippen LogP contribution < -0.4 is 4.74 Å². The van der Waals surface area contributed by atoms with E-state index in [0.29, 0.717) is 12.3 Å². The summed E-state index contributed by atoms with van der Waals surface area (Å²) in [5.74, 6) is 0.399. The first-order chi connectivity index (χ1) is 9.24. The van der Waals surface area contributed by atoms with Gasteiger partial charge in [0, 0.05) is 17.0 Å². The largest absolute Gasteiger partial charge is 0.497 e. The fourth-order valence-corrected chi connectivity index (χ4v) is 1.78. The van der Waals surface area contributed by atoms with Gasteiger partial charge < -0.3 is 14.5 Å². The predicted octanol–water partition coefficient (Wildman–Crippen LogP) is 3.30. The Bertz CT molecular complexity index is 598. The van der Waals surface area contributed by atoms with E-state index in [9.17, 15) is 4.79 Å². The van der Waals surface area contributed by atoms with Crippen LogP contribution in [0.15, 0.2) is 36.4 Å². The van der Waals surface area contributed by atoms with Crippen molar-refractivity contribution in [2.45, 2.75) is 13.3 Å². The van der Waals surface area contributed by atoms with Crippen LogP contribution in [0.25, 0.3) is 10.9 Å². The standard InChI is InChI=1S/C15H17NO3/c1-3-4-5-8-19-15(17)14-9-11-6-7-12(18-2)10-13(11)16-14/h4-7,9-10,16H,3,8H2,1-2H3/b5-4+. The third kappa shape index (κ3) is 3.16. The molecule has 4 heteroatoms. The molecule has 0 aliphatic heterocycles. The molecule has 0 spiro atoms. The van der Waals surface area contributed by atoms with Crippen LogP contribution in [-0.2, 0) is 4.74 Å². The van der Waals surface area contributed by atoms with Crippen molar-refractivity contribution in [2.75, 3.05) is 13.7 Å². The maximum Gasteiger partial charge on any atom is 0.355 e. The lowest BCUT2D eigenvalue weighted by Crippen LogP contribution is -2.05. The monoisotopic (exact) mass is 259 g/mol. The summed E-state index contributed by atoms with van der Waals surface area (Å²) in [6, 6.07) is 7.39. The molecule has 1 aromatic carbocycles. The smallest absolute Gasteiger partial charge is 0.355 e. The van der Waals surface area contributed by atoms with E-state index in [1.807, 2.05) is 37.3 Å². The average Bonchev–Trinajstić information content (AvgIpc) is 2.86. The molecule has 0 saturated heterocycles. The van der Waals surface area contributed by atoms with Crippen molar-refractivity contribution in [2.24, 2.45) is 0 Å². The van der Waals surface area contributed by atoms with Crippen molar-refractivity contribution in [1.82, 2.24) is 4.98 Å². The van der Waals surface area contributed by atoms with E-state index in [1.54, 1.807) is 13.2 Å². The SMILES string of the molecule is CC/C=C/COC(=O)c1cc2ccc(OC)cc2[nH]1. The molecule has 0 aliphatic carbocycles. The third-order valence-electron chi connectivity index (χ3n) is 2.76. The second kappa shape index (κ2) is 6.09. The topological polar surface area (TPSA) is 51.3 Å². The molecule has 4 nitrogen and oxygen atoms in total. The summed E-state index contributed by atoms with van der Waals surface area (Å²) < 4.78 is 10.3. The van der Waals surface area contributed by atoms with Gasteiger partial charge in [-0.2, -0.15) is 0 Å². The Morgan fingerprint density at radius 2 is 2.16 bits per heavy atom. The quantitative estimate of drug-likeness (QED) is 0.662. The van der Waals surface area contributed by atoms with Gasteiger partial charge in [-0.05, 0) is 24.6 Å².